The second kappa shape index (κ2) is 5.77. The number of nitrogens with zero attached hydrogens (tertiary/aromatic N) is 2. The largest absolute Gasteiger partial charge is 0.339 e. The lowest BCUT2D eigenvalue weighted by Gasteiger charge is -2.27. The Morgan fingerprint density at radius 1 is 1.53 bits per heavy atom. The summed E-state index contributed by atoms with van der Waals surface area (Å²) in [6, 6.07) is 5.77. The van der Waals surface area contributed by atoms with Gasteiger partial charge in [0.25, 0.3) is 0 Å². The van der Waals surface area contributed by atoms with Gasteiger partial charge in [0.15, 0.2) is 0 Å². The van der Waals surface area contributed by atoms with Gasteiger partial charge in [0.05, 0.1) is 18.3 Å². The quantitative estimate of drug-likeness (QED) is 0.852. The Balaban J connectivity index is 1.90. The molecule has 1 aromatic rings. The van der Waals surface area contributed by atoms with Gasteiger partial charge < -0.3 is 10.2 Å². The molecule has 0 saturated carbocycles. The van der Waals surface area contributed by atoms with E-state index in [4.69, 9.17) is 0 Å². The molecule has 0 bridgehead atoms. The minimum Gasteiger partial charge on any atom is -0.339 e. The predicted molar refractivity (Wildman–Crippen MR) is 66.4 cm³/mol. The molecule has 1 aliphatic rings. The number of hydrogen-bond acceptors (Lipinski definition) is 3. The smallest absolute Gasteiger partial charge is 0.239 e. The molecule has 0 spiro atoms. The number of piperidine rings is 1. The molecule has 1 saturated heterocycles. The number of carbonyl (C=O) groups is 1. The third-order valence-electron chi connectivity index (χ3n) is 3.11. The van der Waals surface area contributed by atoms with Crippen LogP contribution in [-0.4, -0.2) is 35.4 Å². The van der Waals surface area contributed by atoms with Crippen molar-refractivity contribution in [1.82, 2.24) is 15.2 Å². The molecule has 1 fully saturated rings. The third kappa shape index (κ3) is 3.27. The van der Waals surface area contributed by atoms with Crippen molar-refractivity contribution in [2.75, 3.05) is 13.6 Å². The molecule has 2 heterocycles. The maximum atomic E-state index is 12.1. The fourth-order valence-electron chi connectivity index (χ4n) is 2.14. The van der Waals surface area contributed by atoms with E-state index < -0.39 is 0 Å². The fraction of sp³-hybridized carbons (Fsp3) is 0.538. The van der Waals surface area contributed by atoms with Gasteiger partial charge >= 0.3 is 0 Å². The third-order valence-corrected chi connectivity index (χ3v) is 3.11. The molecular formula is C13H19N3O. The first-order valence-corrected chi connectivity index (χ1v) is 6.15. The van der Waals surface area contributed by atoms with Gasteiger partial charge in [0.1, 0.15) is 0 Å². The highest BCUT2D eigenvalue weighted by molar-refractivity contribution is 5.81. The zero-order chi connectivity index (χ0) is 12.1. The molecule has 1 atom stereocenters. The maximum Gasteiger partial charge on any atom is 0.239 e. The molecule has 1 N–H and O–H groups in total. The summed E-state index contributed by atoms with van der Waals surface area (Å²) in [4.78, 5) is 18.1. The van der Waals surface area contributed by atoms with Crippen LogP contribution < -0.4 is 5.32 Å². The van der Waals surface area contributed by atoms with Crippen LogP contribution in [-0.2, 0) is 11.3 Å². The van der Waals surface area contributed by atoms with Gasteiger partial charge in [-0.1, -0.05) is 12.5 Å². The Hall–Kier alpha value is -1.42. The highest BCUT2D eigenvalue weighted by atomic mass is 16.2. The number of carbonyl (C=O) groups excluding carboxylic acids is 1. The summed E-state index contributed by atoms with van der Waals surface area (Å²) < 4.78 is 0. The van der Waals surface area contributed by atoms with Crippen LogP contribution in [0, 0.1) is 0 Å². The number of likely N-dealkylation sites (N-methyl/N-ethyl adjacent to an activating group) is 1. The predicted octanol–water partition coefficient (Wildman–Crippen LogP) is 1.18. The molecule has 0 radical (unpaired) electrons. The highest BCUT2D eigenvalue weighted by Gasteiger charge is 2.23. The van der Waals surface area contributed by atoms with Crippen LogP contribution >= 0.6 is 0 Å². The lowest BCUT2D eigenvalue weighted by molar-refractivity contribution is -0.133. The van der Waals surface area contributed by atoms with Gasteiger partial charge in [-0.05, 0) is 31.5 Å². The number of nitrogens with one attached hydrogen (secondary N) is 1. The lowest BCUT2D eigenvalue weighted by atomic mass is 10.0. The normalized spacial score (nSPS) is 19.9. The molecule has 4 nitrogen and oxygen atoms in total. The first-order valence-electron chi connectivity index (χ1n) is 6.15. The minimum absolute atomic E-state index is 0.00235. The van der Waals surface area contributed by atoms with Gasteiger partial charge in [0, 0.05) is 13.2 Å². The Labute approximate surface area is 102 Å². The van der Waals surface area contributed by atoms with Gasteiger partial charge in [-0.25, -0.2) is 0 Å². The molecular weight excluding hydrogens is 214 g/mol. The monoisotopic (exact) mass is 233 g/mol. The van der Waals surface area contributed by atoms with E-state index in [0.29, 0.717) is 6.54 Å². The number of hydrogen-bond donors (Lipinski definition) is 1. The first-order chi connectivity index (χ1) is 8.27. The number of pyridine rings is 1. The molecule has 0 unspecified atom stereocenters. The van der Waals surface area contributed by atoms with Crippen molar-refractivity contribution < 1.29 is 4.79 Å². The van der Waals surface area contributed by atoms with Crippen LogP contribution in [0.2, 0.25) is 0 Å². The van der Waals surface area contributed by atoms with Crippen LogP contribution in [0.4, 0.5) is 0 Å². The first kappa shape index (κ1) is 12.0. The van der Waals surface area contributed by atoms with E-state index in [0.717, 1.165) is 25.1 Å². The lowest BCUT2D eigenvalue weighted by Crippen LogP contribution is -2.47. The number of amides is 1. The summed E-state index contributed by atoms with van der Waals surface area (Å²) in [6.07, 6.45) is 5.02. The van der Waals surface area contributed by atoms with E-state index in [1.54, 1.807) is 11.1 Å². The number of rotatable bonds is 3. The highest BCUT2D eigenvalue weighted by Crippen LogP contribution is 2.10. The topological polar surface area (TPSA) is 45.2 Å². The van der Waals surface area contributed by atoms with Crippen molar-refractivity contribution in [3.63, 3.8) is 0 Å². The molecule has 1 aliphatic heterocycles. The minimum atomic E-state index is -0.00235. The van der Waals surface area contributed by atoms with Crippen molar-refractivity contribution in [1.29, 1.82) is 0 Å². The molecule has 2 rings (SSSR count). The Morgan fingerprint density at radius 3 is 3.06 bits per heavy atom. The summed E-state index contributed by atoms with van der Waals surface area (Å²) in [5.41, 5.74) is 0.930. The summed E-state index contributed by atoms with van der Waals surface area (Å²) in [5, 5.41) is 3.27. The molecule has 0 aromatic carbocycles. The van der Waals surface area contributed by atoms with Crippen molar-refractivity contribution in [2.24, 2.45) is 0 Å². The van der Waals surface area contributed by atoms with E-state index in [9.17, 15) is 4.79 Å². The van der Waals surface area contributed by atoms with Crippen LogP contribution in [0.5, 0.6) is 0 Å². The average Bonchev–Trinajstić information content (AvgIpc) is 2.40. The summed E-state index contributed by atoms with van der Waals surface area (Å²) in [6.45, 7) is 1.53. The fourth-order valence-corrected chi connectivity index (χ4v) is 2.14. The Bertz CT molecular complexity index is 360. The van der Waals surface area contributed by atoms with Crippen molar-refractivity contribution >= 4 is 5.91 Å². The molecule has 0 aliphatic carbocycles. The number of aromatic nitrogens is 1. The molecule has 1 amide bonds. The van der Waals surface area contributed by atoms with E-state index >= 15 is 0 Å². The van der Waals surface area contributed by atoms with Crippen LogP contribution in [0.15, 0.2) is 24.4 Å². The van der Waals surface area contributed by atoms with Crippen molar-refractivity contribution in [3.05, 3.63) is 30.1 Å². The second-order valence-electron chi connectivity index (χ2n) is 4.52. The van der Waals surface area contributed by atoms with Crippen molar-refractivity contribution in [2.45, 2.75) is 31.8 Å². The van der Waals surface area contributed by atoms with Crippen LogP contribution in [0.1, 0.15) is 25.0 Å². The SMILES string of the molecule is CN(Cc1ccccn1)C(=O)[C@H]1CCCCN1. The van der Waals surface area contributed by atoms with Gasteiger partial charge in [0.2, 0.25) is 5.91 Å². The van der Waals surface area contributed by atoms with Gasteiger partial charge in [-0.2, -0.15) is 0 Å². The zero-order valence-corrected chi connectivity index (χ0v) is 10.2. The summed E-state index contributed by atoms with van der Waals surface area (Å²) >= 11 is 0. The Kier molecular flexibility index (Phi) is 4.09. The van der Waals surface area contributed by atoms with Crippen LogP contribution in [0.3, 0.4) is 0 Å². The van der Waals surface area contributed by atoms with E-state index in [1.807, 2.05) is 25.2 Å². The van der Waals surface area contributed by atoms with Crippen LogP contribution in [0.25, 0.3) is 0 Å². The van der Waals surface area contributed by atoms with Gasteiger partial charge in [-0.3, -0.25) is 9.78 Å². The van der Waals surface area contributed by atoms with Gasteiger partial charge in [-0.15, -0.1) is 0 Å². The summed E-state index contributed by atoms with van der Waals surface area (Å²) in [5.74, 6) is 0.176. The molecule has 4 heteroatoms. The average molecular weight is 233 g/mol. The molecule has 92 valence electrons. The summed E-state index contributed by atoms with van der Waals surface area (Å²) in [7, 11) is 1.84. The second-order valence-corrected chi connectivity index (χ2v) is 4.52. The maximum absolute atomic E-state index is 12.1. The standard InChI is InChI=1S/C13H19N3O/c1-16(10-11-6-2-4-8-14-11)13(17)12-7-3-5-9-15-12/h2,4,6,8,12,15H,3,5,7,9-10H2,1H3/t12-/m1/s1. The van der Waals surface area contributed by atoms with Crippen molar-refractivity contribution in [3.8, 4) is 0 Å². The van der Waals surface area contributed by atoms with E-state index in [-0.39, 0.29) is 11.9 Å². The molecule has 17 heavy (non-hydrogen) atoms. The van der Waals surface area contributed by atoms with E-state index in [2.05, 4.69) is 10.3 Å². The van der Waals surface area contributed by atoms with E-state index in [1.165, 1.54) is 6.42 Å². The zero-order valence-electron chi connectivity index (χ0n) is 10.2. The molecule has 1 aromatic heterocycles. The Morgan fingerprint density at radius 2 is 2.41 bits per heavy atom.